The third-order valence-corrected chi connectivity index (χ3v) is 7.78. The van der Waals surface area contributed by atoms with Crippen molar-refractivity contribution in [2.75, 3.05) is 30.9 Å². The molecule has 0 bridgehead atoms. The van der Waals surface area contributed by atoms with E-state index in [4.69, 9.17) is 20.0 Å². The van der Waals surface area contributed by atoms with E-state index >= 15 is 0 Å². The van der Waals surface area contributed by atoms with E-state index in [9.17, 15) is 9.50 Å². The van der Waals surface area contributed by atoms with Gasteiger partial charge in [0, 0.05) is 16.8 Å². The van der Waals surface area contributed by atoms with Crippen molar-refractivity contribution >= 4 is 39.0 Å². The van der Waals surface area contributed by atoms with Gasteiger partial charge in [-0.3, -0.25) is 4.52 Å². The molecule has 11 heteroatoms. The van der Waals surface area contributed by atoms with Gasteiger partial charge < -0.3 is 15.6 Å². The molecular weight excluding hydrogens is 519 g/mol. The molecule has 0 spiro atoms. The van der Waals surface area contributed by atoms with Crippen molar-refractivity contribution in [3.63, 3.8) is 0 Å². The highest BCUT2D eigenvalue weighted by Gasteiger charge is 2.23. The van der Waals surface area contributed by atoms with Crippen molar-refractivity contribution in [2.24, 2.45) is 4.99 Å². The summed E-state index contributed by atoms with van der Waals surface area (Å²) >= 11 is 1.14. The van der Waals surface area contributed by atoms with Crippen LogP contribution in [0.4, 0.5) is 16.0 Å². The number of aliphatic imine (C=N–C) groups is 1. The average molecular weight is 545 g/mol. The molecule has 0 amide bonds. The Balaban J connectivity index is 1.44. The van der Waals surface area contributed by atoms with Crippen LogP contribution in [-0.2, 0) is 0 Å². The van der Waals surface area contributed by atoms with E-state index in [1.165, 1.54) is 18.6 Å². The number of anilines is 1. The second-order valence-electron chi connectivity index (χ2n) is 9.21. The van der Waals surface area contributed by atoms with Crippen molar-refractivity contribution in [3.05, 3.63) is 71.5 Å². The Morgan fingerprint density at radius 1 is 1.13 bits per heavy atom. The van der Waals surface area contributed by atoms with E-state index in [1.807, 2.05) is 35.3 Å². The zero-order valence-electron chi connectivity index (χ0n) is 21.1. The van der Waals surface area contributed by atoms with Crippen LogP contribution in [-0.4, -0.2) is 36.4 Å². The second-order valence-corrected chi connectivity index (χ2v) is 10.2. The Morgan fingerprint density at radius 2 is 1.92 bits per heavy atom. The number of rotatable bonds is 6. The number of hydrogen-bond donors (Lipinski definition) is 1. The summed E-state index contributed by atoms with van der Waals surface area (Å²) in [7, 11) is 1.60. The van der Waals surface area contributed by atoms with Crippen LogP contribution >= 0.6 is 11.3 Å². The van der Waals surface area contributed by atoms with E-state index in [1.54, 1.807) is 30.2 Å². The van der Waals surface area contributed by atoms with Gasteiger partial charge in [-0.2, -0.15) is 5.01 Å². The number of nitrogen functional groups attached to an aromatic ring is 1. The van der Waals surface area contributed by atoms with Crippen LogP contribution in [0.2, 0.25) is 0 Å². The molecule has 0 unspecified atom stereocenters. The minimum Gasteiger partial charge on any atom is -0.857 e. The predicted molar refractivity (Wildman–Crippen MR) is 146 cm³/mol. The minimum absolute atomic E-state index is 0.0830. The first-order valence-corrected chi connectivity index (χ1v) is 13.3. The smallest absolute Gasteiger partial charge is 0.324 e. The summed E-state index contributed by atoms with van der Waals surface area (Å²) in [5.41, 5.74) is 9.55. The number of piperidine rings is 1. The average Bonchev–Trinajstić information content (AvgIpc) is 3.57. The Labute approximate surface area is 227 Å². The highest BCUT2D eigenvalue weighted by molar-refractivity contribution is 7.21. The molecular formula is C28H25FN6O3S. The maximum atomic E-state index is 14.2. The first-order valence-electron chi connectivity index (χ1n) is 12.5. The number of fused-ring (bicyclic) bond motifs is 1. The lowest BCUT2D eigenvalue weighted by atomic mass is 9.99. The fourth-order valence-corrected chi connectivity index (χ4v) is 5.72. The zero-order valence-corrected chi connectivity index (χ0v) is 21.9. The van der Waals surface area contributed by atoms with Gasteiger partial charge in [-0.1, -0.05) is 12.1 Å². The van der Waals surface area contributed by atoms with E-state index in [0.29, 0.717) is 32.8 Å². The maximum absolute atomic E-state index is 14.2. The van der Waals surface area contributed by atoms with Crippen LogP contribution in [0.1, 0.15) is 24.1 Å². The van der Waals surface area contributed by atoms with Crippen LogP contribution in [0.5, 0.6) is 5.75 Å². The SMILES string of the molecule is COc1ccc(-c2cc(-c3cccc(F)c3)c3c(N)c(/C([O-])=N/c4c[n+](N5CCCCC5)no4)sc3n2)cc1. The molecule has 2 N–H and O–H groups in total. The molecule has 5 aromatic rings. The van der Waals surface area contributed by atoms with Crippen LogP contribution in [0.3, 0.4) is 0 Å². The maximum Gasteiger partial charge on any atom is 0.324 e. The van der Waals surface area contributed by atoms with E-state index in [2.05, 4.69) is 10.3 Å². The molecule has 1 fully saturated rings. The molecule has 0 atom stereocenters. The number of thiophene rings is 1. The van der Waals surface area contributed by atoms with Crippen LogP contribution < -0.4 is 25.4 Å². The zero-order chi connectivity index (χ0) is 26.9. The van der Waals surface area contributed by atoms with Gasteiger partial charge in [0.1, 0.15) is 16.4 Å². The topological polar surface area (TPSA) is 117 Å². The number of halogens is 1. The monoisotopic (exact) mass is 544 g/mol. The Morgan fingerprint density at radius 3 is 2.67 bits per heavy atom. The fourth-order valence-electron chi connectivity index (χ4n) is 4.72. The third kappa shape index (κ3) is 4.88. The van der Waals surface area contributed by atoms with Gasteiger partial charge in [0.25, 0.3) is 6.20 Å². The second kappa shape index (κ2) is 10.3. The van der Waals surface area contributed by atoms with Gasteiger partial charge in [0.15, 0.2) is 0 Å². The van der Waals surface area contributed by atoms with Crippen LogP contribution in [0, 0.1) is 5.82 Å². The molecule has 0 aliphatic carbocycles. The molecule has 0 radical (unpaired) electrons. The first-order chi connectivity index (χ1) is 19.0. The molecule has 0 saturated carbocycles. The highest BCUT2D eigenvalue weighted by Crippen LogP contribution is 2.41. The number of nitrogens with zero attached hydrogens (tertiary/aromatic N) is 5. The number of ether oxygens (including phenoxy) is 1. The number of hydrogen-bond acceptors (Lipinski definition) is 9. The number of pyridine rings is 1. The van der Waals surface area contributed by atoms with Gasteiger partial charge in [0.2, 0.25) is 5.27 Å². The van der Waals surface area contributed by atoms with Crippen molar-refractivity contribution in [3.8, 4) is 28.1 Å². The van der Waals surface area contributed by atoms with Gasteiger partial charge in [-0.25, -0.2) is 14.4 Å². The molecule has 1 aliphatic heterocycles. The molecule has 4 heterocycles. The van der Waals surface area contributed by atoms with Crippen LogP contribution in [0.15, 0.2) is 70.3 Å². The van der Waals surface area contributed by atoms with Crippen molar-refractivity contribution in [1.29, 1.82) is 0 Å². The molecule has 3 aromatic heterocycles. The summed E-state index contributed by atoms with van der Waals surface area (Å²) in [6.45, 7) is 1.72. The molecule has 9 nitrogen and oxygen atoms in total. The standard InChI is InChI=1S/C28H25FN6O3S/c1-37-20-10-8-17(9-11-20)22-15-21(18-6-5-7-19(29)14-18)24-25(30)26(39-28(24)31-22)27(36)32-23-16-35(33-38-23)34-12-3-2-4-13-34/h5-11,14-16H,2-4,12-13H2,1H3,(H2-,30,32,33,36). The Kier molecular flexibility index (Phi) is 6.57. The molecule has 1 aliphatic rings. The quantitative estimate of drug-likeness (QED) is 0.193. The van der Waals surface area contributed by atoms with Gasteiger partial charge >= 0.3 is 5.88 Å². The number of methoxy groups -OCH3 is 1. The predicted octanol–water partition coefficient (Wildman–Crippen LogP) is 4.20. The number of nitrogens with two attached hydrogens (primary N) is 1. The Bertz CT molecular complexity index is 1670. The summed E-state index contributed by atoms with van der Waals surface area (Å²) in [4.78, 5) is 11.3. The summed E-state index contributed by atoms with van der Waals surface area (Å²) in [5, 5.41) is 19.9. The molecule has 2 aromatic carbocycles. The van der Waals surface area contributed by atoms with Crippen LogP contribution in [0.25, 0.3) is 32.6 Å². The van der Waals surface area contributed by atoms with Gasteiger partial charge in [-0.15, -0.1) is 11.3 Å². The normalized spacial score (nSPS) is 14.2. The minimum atomic E-state index is -0.561. The van der Waals surface area contributed by atoms with Gasteiger partial charge in [-0.05, 0) is 72.9 Å². The molecule has 198 valence electrons. The number of aromatic nitrogens is 3. The lowest BCUT2D eigenvalue weighted by Gasteiger charge is -2.17. The third-order valence-electron chi connectivity index (χ3n) is 6.69. The lowest BCUT2D eigenvalue weighted by Crippen LogP contribution is -2.60. The number of benzene rings is 2. The van der Waals surface area contributed by atoms with Crippen molar-refractivity contribution < 1.29 is 23.5 Å². The van der Waals surface area contributed by atoms with E-state index < -0.39 is 5.90 Å². The summed E-state index contributed by atoms with van der Waals surface area (Å²) in [6.07, 6.45) is 4.91. The Hall–Kier alpha value is -4.51. The fraction of sp³-hybridized carbons (Fsp3) is 0.214. The highest BCUT2D eigenvalue weighted by atomic mass is 32.1. The lowest BCUT2D eigenvalue weighted by molar-refractivity contribution is -0.759. The van der Waals surface area contributed by atoms with E-state index in [-0.39, 0.29) is 22.3 Å². The largest absolute Gasteiger partial charge is 0.857 e. The summed E-state index contributed by atoms with van der Waals surface area (Å²) < 4.78 is 24.8. The van der Waals surface area contributed by atoms with Crippen molar-refractivity contribution in [1.82, 2.24) is 10.3 Å². The summed E-state index contributed by atoms with van der Waals surface area (Å²) in [5.74, 6) is -0.141. The molecule has 39 heavy (non-hydrogen) atoms. The van der Waals surface area contributed by atoms with E-state index in [0.717, 1.165) is 42.8 Å². The first kappa shape index (κ1) is 24.8. The van der Waals surface area contributed by atoms with Crippen molar-refractivity contribution in [2.45, 2.75) is 19.3 Å². The van der Waals surface area contributed by atoms with Gasteiger partial charge in [0.05, 0.1) is 41.2 Å². The molecule has 1 saturated heterocycles. The molecule has 6 rings (SSSR count). The summed E-state index contributed by atoms with van der Waals surface area (Å²) in [6, 6.07) is 15.6.